The van der Waals surface area contributed by atoms with E-state index in [0.717, 1.165) is 36.8 Å². The Morgan fingerprint density at radius 1 is 1.07 bits per heavy atom. The number of aromatic nitrogens is 1. The van der Waals surface area contributed by atoms with Crippen molar-refractivity contribution in [2.75, 3.05) is 26.7 Å². The summed E-state index contributed by atoms with van der Waals surface area (Å²) in [7, 11) is 4.10. The number of hydrogen-bond donors (Lipinski definition) is 2. The Balaban J connectivity index is 1.37. The summed E-state index contributed by atoms with van der Waals surface area (Å²) in [5.41, 5.74) is 9.99. The van der Waals surface area contributed by atoms with Crippen molar-refractivity contribution < 1.29 is 4.79 Å². The van der Waals surface area contributed by atoms with Crippen LogP contribution >= 0.6 is 0 Å². The van der Waals surface area contributed by atoms with E-state index < -0.39 is 0 Å². The zero-order valence-corrected chi connectivity index (χ0v) is 16.8. The first-order valence-electron chi connectivity index (χ1n) is 9.86. The molecule has 1 aromatic heterocycles. The highest BCUT2D eigenvalue weighted by atomic mass is 16.1. The van der Waals surface area contributed by atoms with Gasteiger partial charge in [-0.15, -0.1) is 0 Å². The minimum atomic E-state index is -0.0147. The number of nitrogens with one attached hydrogen (secondary N) is 1. The standard InChI is InChI=1S/C23H30N4O/c1-26(13-3-4-18-5-7-19(17-24)8-6-18)15-12-25-23(28)21-9-10-22-20(16-21)11-14-27(22)2/h5-11,14,16H,3-4,12-13,15,17,24H2,1-2H3,(H,25,28). The molecule has 0 fully saturated rings. The zero-order chi connectivity index (χ0) is 19.9. The van der Waals surface area contributed by atoms with Crippen molar-refractivity contribution in [1.29, 1.82) is 0 Å². The van der Waals surface area contributed by atoms with Crippen molar-refractivity contribution in [3.05, 3.63) is 71.4 Å². The number of carbonyl (C=O) groups is 1. The average Bonchev–Trinajstić information content (AvgIpc) is 3.08. The van der Waals surface area contributed by atoms with Crippen LogP contribution in [0.2, 0.25) is 0 Å². The molecule has 0 aliphatic carbocycles. The first-order valence-corrected chi connectivity index (χ1v) is 9.86. The molecule has 5 heteroatoms. The summed E-state index contributed by atoms with van der Waals surface area (Å²) in [6.07, 6.45) is 4.16. The number of hydrogen-bond acceptors (Lipinski definition) is 3. The second kappa shape index (κ2) is 9.53. The quantitative estimate of drug-likeness (QED) is 0.602. The fourth-order valence-corrected chi connectivity index (χ4v) is 3.39. The molecule has 0 aliphatic heterocycles. The van der Waals surface area contributed by atoms with E-state index in [2.05, 4.69) is 46.1 Å². The van der Waals surface area contributed by atoms with Crippen LogP contribution in [0.25, 0.3) is 10.9 Å². The SMILES string of the molecule is CN(CCCc1ccc(CN)cc1)CCNC(=O)c1ccc2c(ccn2C)c1. The van der Waals surface area contributed by atoms with Gasteiger partial charge >= 0.3 is 0 Å². The summed E-state index contributed by atoms with van der Waals surface area (Å²) in [4.78, 5) is 14.6. The normalized spacial score (nSPS) is 11.3. The van der Waals surface area contributed by atoms with E-state index in [4.69, 9.17) is 5.73 Å². The summed E-state index contributed by atoms with van der Waals surface area (Å²) >= 11 is 0. The smallest absolute Gasteiger partial charge is 0.251 e. The molecule has 2 aromatic carbocycles. The Labute approximate surface area is 167 Å². The lowest BCUT2D eigenvalue weighted by Crippen LogP contribution is -2.33. The molecule has 3 aromatic rings. The van der Waals surface area contributed by atoms with Gasteiger partial charge in [0, 0.05) is 49.3 Å². The zero-order valence-electron chi connectivity index (χ0n) is 16.8. The van der Waals surface area contributed by atoms with Crippen molar-refractivity contribution in [2.24, 2.45) is 12.8 Å². The van der Waals surface area contributed by atoms with Crippen LogP contribution in [0, 0.1) is 0 Å². The molecule has 1 amide bonds. The minimum absolute atomic E-state index is 0.0147. The third-order valence-electron chi connectivity index (χ3n) is 5.19. The van der Waals surface area contributed by atoms with Gasteiger partial charge in [-0.3, -0.25) is 4.79 Å². The summed E-state index contributed by atoms with van der Waals surface area (Å²) in [5.74, 6) is -0.0147. The maximum absolute atomic E-state index is 12.4. The van der Waals surface area contributed by atoms with E-state index in [-0.39, 0.29) is 5.91 Å². The molecule has 0 bridgehead atoms. The van der Waals surface area contributed by atoms with Crippen molar-refractivity contribution in [3.63, 3.8) is 0 Å². The topological polar surface area (TPSA) is 63.3 Å². The van der Waals surface area contributed by atoms with Gasteiger partial charge in [0.15, 0.2) is 0 Å². The van der Waals surface area contributed by atoms with Crippen molar-refractivity contribution in [2.45, 2.75) is 19.4 Å². The molecular weight excluding hydrogens is 348 g/mol. The average molecular weight is 379 g/mol. The Morgan fingerprint density at radius 2 is 1.82 bits per heavy atom. The van der Waals surface area contributed by atoms with E-state index >= 15 is 0 Å². The molecule has 0 atom stereocenters. The highest BCUT2D eigenvalue weighted by Crippen LogP contribution is 2.16. The fourth-order valence-electron chi connectivity index (χ4n) is 3.39. The highest BCUT2D eigenvalue weighted by Gasteiger charge is 2.08. The number of nitrogens with two attached hydrogens (primary N) is 1. The van der Waals surface area contributed by atoms with Crippen LogP contribution in [0.4, 0.5) is 0 Å². The van der Waals surface area contributed by atoms with E-state index in [9.17, 15) is 4.79 Å². The minimum Gasteiger partial charge on any atom is -0.351 e. The summed E-state index contributed by atoms with van der Waals surface area (Å²) in [5, 5.41) is 4.11. The first-order chi connectivity index (χ1) is 13.6. The van der Waals surface area contributed by atoms with Gasteiger partial charge in [0.1, 0.15) is 0 Å². The van der Waals surface area contributed by atoms with Crippen LogP contribution in [0.15, 0.2) is 54.7 Å². The van der Waals surface area contributed by atoms with Crippen LogP contribution in [-0.2, 0) is 20.0 Å². The van der Waals surface area contributed by atoms with E-state index in [0.29, 0.717) is 18.7 Å². The van der Waals surface area contributed by atoms with Crippen LogP contribution in [0.3, 0.4) is 0 Å². The maximum Gasteiger partial charge on any atom is 0.251 e. The molecule has 3 N–H and O–H groups in total. The Morgan fingerprint density at radius 3 is 2.57 bits per heavy atom. The molecule has 0 radical (unpaired) electrons. The number of aryl methyl sites for hydroxylation is 2. The fraction of sp³-hybridized carbons (Fsp3) is 0.348. The highest BCUT2D eigenvalue weighted by molar-refractivity contribution is 5.98. The number of nitrogens with zero attached hydrogens (tertiary/aromatic N) is 2. The molecule has 0 saturated heterocycles. The molecular formula is C23H30N4O. The molecule has 148 valence electrons. The van der Waals surface area contributed by atoms with Crippen LogP contribution in [0.1, 0.15) is 27.9 Å². The van der Waals surface area contributed by atoms with Crippen molar-refractivity contribution >= 4 is 16.8 Å². The Kier molecular flexibility index (Phi) is 6.85. The second-order valence-corrected chi connectivity index (χ2v) is 7.38. The first kappa shape index (κ1) is 20.1. The van der Waals surface area contributed by atoms with Crippen LogP contribution < -0.4 is 11.1 Å². The maximum atomic E-state index is 12.4. The number of benzene rings is 2. The third-order valence-corrected chi connectivity index (χ3v) is 5.19. The molecule has 0 unspecified atom stereocenters. The van der Waals surface area contributed by atoms with Crippen molar-refractivity contribution in [1.82, 2.24) is 14.8 Å². The summed E-state index contributed by atoms with van der Waals surface area (Å²) < 4.78 is 2.05. The van der Waals surface area contributed by atoms with E-state index in [1.54, 1.807) is 0 Å². The van der Waals surface area contributed by atoms with Gasteiger partial charge in [-0.2, -0.15) is 0 Å². The van der Waals surface area contributed by atoms with Gasteiger partial charge in [-0.1, -0.05) is 24.3 Å². The second-order valence-electron chi connectivity index (χ2n) is 7.38. The van der Waals surface area contributed by atoms with Crippen LogP contribution in [-0.4, -0.2) is 42.1 Å². The summed E-state index contributed by atoms with van der Waals surface area (Å²) in [6, 6.07) is 16.4. The van der Waals surface area contributed by atoms with Gasteiger partial charge in [0.05, 0.1) is 0 Å². The number of amides is 1. The molecule has 1 heterocycles. The predicted molar refractivity (Wildman–Crippen MR) is 115 cm³/mol. The van der Waals surface area contributed by atoms with Gasteiger partial charge in [0.25, 0.3) is 5.91 Å². The molecule has 28 heavy (non-hydrogen) atoms. The van der Waals surface area contributed by atoms with Crippen LogP contribution in [0.5, 0.6) is 0 Å². The molecule has 5 nitrogen and oxygen atoms in total. The lowest BCUT2D eigenvalue weighted by molar-refractivity contribution is 0.0950. The monoisotopic (exact) mass is 378 g/mol. The summed E-state index contributed by atoms with van der Waals surface area (Å²) in [6.45, 7) is 3.08. The molecule has 0 aliphatic rings. The largest absolute Gasteiger partial charge is 0.351 e. The van der Waals surface area contributed by atoms with Gasteiger partial charge < -0.3 is 20.5 Å². The van der Waals surface area contributed by atoms with E-state index in [1.165, 1.54) is 11.1 Å². The predicted octanol–water partition coefficient (Wildman–Crippen LogP) is 2.93. The lowest BCUT2D eigenvalue weighted by Gasteiger charge is -2.17. The Bertz CT molecular complexity index is 914. The lowest BCUT2D eigenvalue weighted by atomic mass is 10.1. The molecule has 0 spiro atoms. The number of carbonyl (C=O) groups excluding carboxylic acids is 1. The van der Waals surface area contributed by atoms with Gasteiger partial charge in [-0.25, -0.2) is 0 Å². The van der Waals surface area contributed by atoms with Crippen molar-refractivity contribution in [3.8, 4) is 0 Å². The molecule has 3 rings (SSSR count). The Hall–Kier alpha value is -2.63. The third kappa shape index (κ3) is 5.21. The van der Waals surface area contributed by atoms with Gasteiger partial charge in [0.2, 0.25) is 0 Å². The number of likely N-dealkylation sites (N-methyl/N-ethyl adjacent to an activating group) is 1. The van der Waals surface area contributed by atoms with Gasteiger partial charge in [-0.05, 0) is 61.8 Å². The number of fused-ring (bicyclic) bond motifs is 1. The molecule has 0 saturated carbocycles. The number of rotatable bonds is 9. The van der Waals surface area contributed by atoms with E-state index in [1.807, 2.05) is 37.5 Å².